The number of aliphatic hydroxyl groups is 1. The van der Waals surface area contributed by atoms with Crippen LogP contribution < -0.4 is 4.74 Å². The van der Waals surface area contributed by atoms with Crippen molar-refractivity contribution < 1.29 is 9.84 Å². The maximum Gasteiger partial charge on any atom is 0.126 e. The van der Waals surface area contributed by atoms with Crippen LogP contribution in [0.3, 0.4) is 0 Å². The molecule has 2 heteroatoms. The van der Waals surface area contributed by atoms with Crippen LogP contribution in [0, 0.1) is 6.92 Å². The summed E-state index contributed by atoms with van der Waals surface area (Å²) >= 11 is 0. The molecule has 0 aliphatic carbocycles. The Kier molecular flexibility index (Phi) is 2.60. The van der Waals surface area contributed by atoms with Crippen LogP contribution in [0.25, 0.3) is 10.8 Å². The van der Waals surface area contributed by atoms with Crippen LogP contribution in [-0.4, -0.2) is 12.2 Å². The lowest BCUT2D eigenvalue weighted by Crippen LogP contribution is -1.91. The number of aryl methyl sites for hydroxylation is 1. The van der Waals surface area contributed by atoms with Crippen molar-refractivity contribution in [2.24, 2.45) is 0 Å². The summed E-state index contributed by atoms with van der Waals surface area (Å²) in [6, 6.07) is 9.86. The highest BCUT2D eigenvalue weighted by Gasteiger charge is 2.07. The Bertz CT molecular complexity index is 489. The minimum absolute atomic E-state index is 0.0595. The van der Waals surface area contributed by atoms with E-state index in [2.05, 4.69) is 0 Å². The summed E-state index contributed by atoms with van der Waals surface area (Å²) in [5.41, 5.74) is 2.11. The van der Waals surface area contributed by atoms with Crippen molar-refractivity contribution in [2.75, 3.05) is 7.11 Å². The molecular weight excluding hydrogens is 188 g/mol. The zero-order valence-electron chi connectivity index (χ0n) is 8.95. The Labute approximate surface area is 89.1 Å². The van der Waals surface area contributed by atoms with Gasteiger partial charge in [-0.15, -0.1) is 0 Å². The van der Waals surface area contributed by atoms with Crippen molar-refractivity contribution in [1.29, 1.82) is 0 Å². The van der Waals surface area contributed by atoms with E-state index >= 15 is 0 Å². The van der Waals surface area contributed by atoms with Crippen molar-refractivity contribution >= 4 is 10.8 Å². The lowest BCUT2D eigenvalue weighted by molar-refractivity contribution is 0.283. The predicted molar refractivity (Wildman–Crippen MR) is 61.2 cm³/mol. The van der Waals surface area contributed by atoms with Gasteiger partial charge in [0.2, 0.25) is 0 Å². The molecule has 15 heavy (non-hydrogen) atoms. The van der Waals surface area contributed by atoms with Gasteiger partial charge in [0, 0.05) is 5.39 Å². The normalized spacial score (nSPS) is 10.6. The number of aliphatic hydroxyl groups excluding tert-OH is 1. The Balaban J connectivity index is 2.86. The maximum absolute atomic E-state index is 9.25. The summed E-state index contributed by atoms with van der Waals surface area (Å²) in [4.78, 5) is 0. The Hall–Kier alpha value is -1.54. The molecule has 1 N–H and O–H groups in total. The molecule has 0 aliphatic rings. The summed E-state index contributed by atoms with van der Waals surface area (Å²) in [5.74, 6) is 0.861. The lowest BCUT2D eigenvalue weighted by atomic mass is 10.00. The molecule has 0 saturated carbocycles. The molecule has 0 heterocycles. The van der Waals surface area contributed by atoms with E-state index in [-0.39, 0.29) is 6.61 Å². The zero-order chi connectivity index (χ0) is 10.8. The summed E-state index contributed by atoms with van der Waals surface area (Å²) in [6.07, 6.45) is 0. The van der Waals surface area contributed by atoms with Crippen molar-refractivity contribution in [1.82, 2.24) is 0 Å². The molecule has 2 rings (SSSR count). The van der Waals surface area contributed by atoms with E-state index in [1.54, 1.807) is 7.11 Å². The molecule has 78 valence electrons. The van der Waals surface area contributed by atoms with Gasteiger partial charge in [-0.05, 0) is 29.5 Å². The molecule has 0 radical (unpaired) electrons. The summed E-state index contributed by atoms with van der Waals surface area (Å²) in [5, 5.41) is 11.4. The third-order valence-electron chi connectivity index (χ3n) is 2.69. The molecule has 0 fully saturated rings. The highest BCUT2D eigenvalue weighted by Crippen LogP contribution is 2.30. The van der Waals surface area contributed by atoms with Crippen molar-refractivity contribution in [3.63, 3.8) is 0 Å². The standard InChI is InChI=1S/C13H14O2/c1-9-6-7-10(8-14)11-4-3-5-12(15-2)13(9)11/h3-7,14H,8H2,1-2H3. The molecule has 0 aliphatic heterocycles. The first-order chi connectivity index (χ1) is 7.27. The minimum Gasteiger partial charge on any atom is -0.496 e. The summed E-state index contributed by atoms with van der Waals surface area (Å²) < 4.78 is 5.33. The molecule has 2 aromatic rings. The fourth-order valence-electron chi connectivity index (χ4n) is 1.91. The molecule has 0 spiro atoms. The molecule has 2 aromatic carbocycles. The monoisotopic (exact) mass is 202 g/mol. The maximum atomic E-state index is 9.25. The first-order valence-corrected chi connectivity index (χ1v) is 4.94. The summed E-state index contributed by atoms with van der Waals surface area (Å²) in [7, 11) is 1.67. The van der Waals surface area contributed by atoms with Crippen LogP contribution in [0.1, 0.15) is 11.1 Å². The number of rotatable bonds is 2. The van der Waals surface area contributed by atoms with Crippen LogP contribution in [0.2, 0.25) is 0 Å². The average Bonchev–Trinajstić information content (AvgIpc) is 2.29. The van der Waals surface area contributed by atoms with Gasteiger partial charge in [-0.25, -0.2) is 0 Å². The van der Waals surface area contributed by atoms with Crippen molar-refractivity contribution in [2.45, 2.75) is 13.5 Å². The third kappa shape index (κ3) is 1.57. The second-order valence-electron chi connectivity index (χ2n) is 3.58. The summed E-state index contributed by atoms with van der Waals surface area (Å²) in [6.45, 7) is 2.11. The fourth-order valence-corrected chi connectivity index (χ4v) is 1.91. The number of methoxy groups -OCH3 is 1. The molecule has 0 aromatic heterocycles. The second kappa shape index (κ2) is 3.91. The van der Waals surface area contributed by atoms with Crippen LogP contribution in [0.4, 0.5) is 0 Å². The van der Waals surface area contributed by atoms with Gasteiger partial charge in [0.05, 0.1) is 13.7 Å². The molecular formula is C13H14O2. The molecule has 2 nitrogen and oxygen atoms in total. The Morgan fingerprint density at radius 2 is 2.00 bits per heavy atom. The number of benzene rings is 2. The SMILES string of the molecule is COc1cccc2c(CO)ccc(C)c12. The average molecular weight is 202 g/mol. The van der Waals surface area contributed by atoms with Crippen LogP contribution in [-0.2, 0) is 6.61 Å². The fraction of sp³-hybridized carbons (Fsp3) is 0.231. The highest BCUT2D eigenvalue weighted by atomic mass is 16.5. The van der Waals surface area contributed by atoms with Crippen molar-refractivity contribution in [3.8, 4) is 5.75 Å². The van der Waals surface area contributed by atoms with Crippen molar-refractivity contribution in [3.05, 3.63) is 41.5 Å². The van der Waals surface area contributed by atoms with Crippen LogP contribution in [0.15, 0.2) is 30.3 Å². The van der Waals surface area contributed by atoms with E-state index in [1.165, 1.54) is 5.56 Å². The number of fused-ring (bicyclic) bond motifs is 1. The molecule has 0 atom stereocenters. The van der Waals surface area contributed by atoms with Gasteiger partial charge in [-0.3, -0.25) is 0 Å². The van der Waals surface area contributed by atoms with E-state index in [1.807, 2.05) is 37.3 Å². The first kappa shape index (κ1) is 9.99. The number of ether oxygens (including phenoxy) is 1. The van der Waals surface area contributed by atoms with E-state index < -0.39 is 0 Å². The van der Waals surface area contributed by atoms with Gasteiger partial charge >= 0.3 is 0 Å². The largest absolute Gasteiger partial charge is 0.496 e. The van der Waals surface area contributed by atoms with E-state index in [0.717, 1.165) is 22.1 Å². The highest BCUT2D eigenvalue weighted by molar-refractivity contribution is 5.93. The molecule has 0 saturated heterocycles. The predicted octanol–water partition coefficient (Wildman–Crippen LogP) is 2.65. The van der Waals surface area contributed by atoms with Gasteiger partial charge in [-0.1, -0.05) is 24.3 Å². The minimum atomic E-state index is 0.0595. The number of hydrogen-bond acceptors (Lipinski definition) is 2. The first-order valence-electron chi connectivity index (χ1n) is 4.94. The Morgan fingerprint density at radius 3 is 2.67 bits per heavy atom. The van der Waals surface area contributed by atoms with E-state index in [0.29, 0.717) is 0 Å². The molecule has 0 bridgehead atoms. The van der Waals surface area contributed by atoms with Gasteiger partial charge in [0.25, 0.3) is 0 Å². The number of hydrogen-bond donors (Lipinski definition) is 1. The van der Waals surface area contributed by atoms with Gasteiger partial charge < -0.3 is 9.84 Å². The second-order valence-corrected chi connectivity index (χ2v) is 3.58. The third-order valence-corrected chi connectivity index (χ3v) is 2.69. The molecule has 0 unspecified atom stereocenters. The quantitative estimate of drug-likeness (QED) is 0.811. The van der Waals surface area contributed by atoms with Gasteiger partial charge in [0.1, 0.15) is 5.75 Å². The Morgan fingerprint density at radius 1 is 1.20 bits per heavy atom. The molecule has 0 amide bonds. The lowest BCUT2D eigenvalue weighted by Gasteiger charge is -2.10. The smallest absolute Gasteiger partial charge is 0.126 e. The van der Waals surface area contributed by atoms with Gasteiger partial charge in [0.15, 0.2) is 0 Å². The van der Waals surface area contributed by atoms with E-state index in [4.69, 9.17) is 4.74 Å². The topological polar surface area (TPSA) is 29.5 Å². The van der Waals surface area contributed by atoms with Crippen LogP contribution in [0.5, 0.6) is 5.75 Å². The van der Waals surface area contributed by atoms with Crippen LogP contribution >= 0.6 is 0 Å². The zero-order valence-corrected chi connectivity index (χ0v) is 8.95. The van der Waals surface area contributed by atoms with Gasteiger partial charge in [-0.2, -0.15) is 0 Å². The van der Waals surface area contributed by atoms with E-state index in [9.17, 15) is 5.11 Å².